The van der Waals surface area contributed by atoms with Crippen molar-refractivity contribution in [3.63, 3.8) is 0 Å². The maximum absolute atomic E-state index is 13.3. The summed E-state index contributed by atoms with van der Waals surface area (Å²) in [7, 11) is 0. The number of halogens is 1. The number of aliphatic carboxylic acids is 1. The number of para-hydroxylation sites is 1. The fourth-order valence-corrected chi connectivity index (χ4v) is 2.24. The molecule has 0 radical (unpaired) electrons. The molecule has 102 valence electrons. The summed E-state index contributed by atoms with van der Waals surface area (Å²) in [5, 5.41) is 13.9. The second kappa shape index (κ2) is 5.69. The number of amides is 2. The first-order valence-electron chi connectivity index (χ1n) is 6.11. The average molecular weight is 266 g/mol. The van der Waals surface area contributed by atoms with E-state index in [4.69, 9.17) is 5.11 Å². The first-order chi connectivity index (χ1) is 9.06. The van der Waals surface area contributed by atoms with Crippen molar-refractivity contribution in [3.8, 4) is 0 Å². The Balaban J connectivity index is 1.86. The second-order valence-corrected chi connectivity index (χ2v) is 4.62. The lowest BCUT2D eigenvalue weighted by atomic mass is 10.1. The topological polar surface area (TPSA) is 78.4 Å². The molecule has 2 atom stereocenters. The Bertz CT molecular complexity index is 493. The number of nitrogens with one attached hydrogen (secondary N) is 2. The van der Waals surface area contributed by atoms with Gasteiger partial charge in [0.05, 0.1) is 11.6 Å². The molecule has 1 aromatic carbocycles. The van der Waals surface area contributed by atoms with Gasteiger partial charge in [-0.25, -0.2) is 9.18 Å². The zero-order valence-corrected chi connectivity index (χ0v) is 10.2. The monoisotopic (exact) mass is 266 g/mol. The van der Waals surface area contributed by atoms with E-state index >= 15 is 0 Å². The van der Waals surface area contributed by atoms with Crippen molar-refractivity contribution in [2.75, 3.05) is 5.32 Å². The number of carboxylic acid groups (broad SMARTS) is 1. The summed E-state index contributed by atoms with van der Waals surface area (Å²) in [4.78, 5) is 22.5. The number of carboxylic acids is 1. The quantitative estimate of drug-likeness (QED) is 0.784. The van der Waals surface area contributed by atoms with Crippen LogP contribution < -0.4 is 10.6 Å². The Kier molecular flexibility index (Phi) is 3.99. The lowest BCUT2D eigenvalue weighted by molar-refractivity contribution is -0.141. The van der Waals surface area contributed by atoms with E-state index in [9.17, 15) is 14.0 Å². The number of rotatable bonds is 3. The first-order valence-corrected chi connectivity index (χ1v) is 6.11. The minimum atomic E-state index is -0.834. The molecule has 0 saturated heterocycles. The SMILES string of the molecule is O=C(Nc1ccccc1F)NC1CCC(C(=O)O)C1. The number of benzene rings is 1. The van der Waals surface area contributed by atoms with Gasteiger partial charge >= 0.3 is 12.0 Å². The molecular formula is C13H15FN2O3. The molecule has 5 nitrogen and oxygen atoms in total. The van der Waals surface area contributed by atoms with Gasteiger partial charge in [0.2, 0.25) is 0 Å². The van der Waals surface area contributed by atoms with Gasteiger partial charge in [-0.2, -0.15) is 0 Å². The van der Waals surface area contributed by atoms with Crippen LogP contribution in [-0.2, 0) is 4.79 Å². The summed E-state index contributed by atoms with van der Waals surface area (Å²) in [6, 6.07) is 5.19. The Labute approximate surface area is 109 Å². The van der Waals surface area contributed by atoms with Crippen LogP contribution in [0.1, 0.15) is 19.3 Å². The van der Waals surface area contributed by atoms with Crippen LogP contribution in [0.25, 0.3) is 0 Å². The van der Waals surface area contributed by atoms with E-state index in [1.54, 1.807) is 6.07 Å². The fraction of sp³-hybridized carbons (Fsp3) is 0.385. The molecule has 1 fully saturated rings. The van der Waals surface area contributed by atoms with Crippen molar-refractivity contribution < 1.29 is 19.1 Å². The van der Waals surface area contributed by atoms with Gasteiger partial charge in [0.25, 0.3) is 0 Å². The summed E-state index contributed by atoms with van der Waals surface area (Å²) in [5.74, 6) is -1.75. The van der Waals surface area contributed by atoms with Crippen LogP contribution in [0.15, 0.2) is 24.3 Å². The number of hydrogen-bond donors (Lipinski definition) is 3. The fourth-order valence-electron chi connectivity index (χ4n) is 2.24. The number of carbonyl (C=O) groups excluding carboxylic acids is 1. The molecule has 6 heteroatoms. The highest BCUT2D eigenvalue weighted by atomic mass is 19.1. The largest absolute Gasteiger partial charge is 0.481 e. The van der Waals surface area contributed by atoms with Crippen molar-refractivity contribution in [1.82, 2.24) is 5.32 Å². The Morgan fingerprint density at radius 1 is 1.26 bits per heavy atom. The van der Waals surface area contributed by atoms with Crippen molar-refractivity contribution in [2.24, 2.45) is 5.92 Å². The molecule has 0 aliphatic heterocycles. The van der Waals surface area contributed by atoms with Crippen LogP contribution in [0.3, 0.4) is 0 Å². The molecular weight excluding hydrogens is 251 g/mol. The summed E-state index contributed by atoms with van der Waals surface area (Å²) in [6.45, 7) is 0. The van der Waals surface area contributed by atoms with Crippen molar-refractivity contribution >= 4 is 17.7 Å². The third-order valence-corrected chi connectivity index (χ3v) is 3.24. The number of urea groups is 1. The molecule has 1 aliphatic rings. The molecule has 2 rings (SSSR count). The summed E-state index contributed by atoms with van der Waals surface area (Å²) < 4.78 is 13.3. The first kappa shape index (κ1) is 13.3. The highest BCUT2D eigenvalue weighted by molar-refractivity contribution is 5.89. The normalized spacial score (nSPS) is 21.9. The van der Waals surface area contributed by atoms with Gasteiger partial charge in [-0.1, -0.05) is 12.1 Å². The maximum atomic E-state index is 13.3. The van der Waals surface area contributed by atoms with E-state index in [0.29, 0.717) is 19.3 Å². The zero-order valence-electron chi connectivity index (χ0n) is 10.2. The molecule has 1 saturated carbocycles. The molecule has 2 unspecified atom stereocenters. The standard InChI is InChI=1S/C13H15FN2O3/c14-10-3-1-2-4-11(10)16-13(19)15-9-6-5-8(7-9)12(17)18/h1-4,8-9H,5-7H2,(H,17,18)(H2,15,16,19). The van der Waals surface area contributed by atoms with Gasteiger partial charge in [-0.3, -0.25) is 4.79 Å². The molecule has 19 heavy (non-hydrogen) atoms. The number of anilines is 1. The van der Waals surface area contributed by atoms with E-state index in [1.165, 1.54) is 18.2 Å². The molecule has 0 aromatic heterocycles. The molecule has 0 bridgehead atoms. The van der Waals surface area contributed by atoms with Crippen LogP contribution in [0.4, 0.5) is 14.9 Å². The van der Waals surface area contributed by atoms with E-state index < -0.39 is 23.7 Å². The lowest BCUT2D eigenvalue weighted by Gasteiger charge is -2.13. The van der Waals surface area contributed by atoms with E-state index in [0.717, 1.165) is 0 Å². The van der Waals surface area contributed by atoms with Crippen LogP contribution in [0, 0.1) is 11.7 Å². The average Bonchev–Trinajstić information content (AvgIpc) is 2.80. The van der Waals surface area contributed by atoms with E-state index in [-0.39, 0.29) is 11.7 Å². The minimum Gasteiger partial charge on any atom is -0.481 e. The lowest BCUT2D eigenvalue weighted by Crippen LogP contribution is -2.36. The van der Waals surface area contributed by atoms with Crippen molar-refractivity contribution in [3.05, 3.63) is 30.1 Å². The van der Waals surface area contributed by atoms with Crippen molar-refractivity contribution in [1.29, 1.82) is 0 Å². The molecule has 1 aliphatic carbocycles. The van der Waals surface area contributed by atoms with E-state index in [1.807, 2.05) is 0 Å². The van der Waals surface area contributed by atoms with Crippen LogP contribution in [-0.4, -0.2) is 23.1 Å². The third-order valence-electron chi connectivity index (χ3n) is 3.24. The van der Waals surface area contributed by atoms with Gasteiger partial charge in [0.1, 0.15) is 5.82 Å². The number of carbonyl (C=O) groups is 2. The smallest absolute Gasteiger partial charge is 0.319 e. The van der Waals surface area contributed by atoms with Gasteiger partial charge in [0.15, 0.2) is 0 Å². The zero-order chi connectivity index (χ0) is 13.8. The Morgan fingerprint density at radius 2 is 2.00 bits per heavy atom. The van der Waals surface area contributed by atoms with Gasteiger partial charge in [0, 0.05) is 6.04 Å². The second-order valence-electron chi connectivity index (χ2n) is 4.62. The minimum absolute atomic E-state index is 0.104. The van der Waals surface area contributed by atoms with Crippen molar-refractivity contribution in [2.45, 2.75) is 25.3 Å². The van der Waals surface area contributed by atoms with Crippen LogP contribution >= 0.6 is 0 Å². The van der Waals surface area contributed by atoms with Crippen LogP contribution in [0.5, 0.6) is 0 Å². The molecule has 0 spiro atoms. The Hall–Kier alpha value is -2.11. The highest BCUT2D eigenvalue weighted by Crippen LogP contribution is 2.25. The molecule has 0 heterocycles. The summed E-state index contributed by atoms with van der Waals surface area (Å²) in [6.07, 6.45) is 1.60. The van der Waals surface area contributed by atoms with Crippen LogP contribution in [0.2, 0.25) is 0 Å². The van der Waals surface area contributed by atoms with E-state index in [2.05, 4.69) is 10.6 Å². The molecule has 2 amide bonds. The summed E-state index contributed by atoms with van der Waals surface area (Å²) >= 11 is 0. The molecule has 3 N–H and O–H groups in total. The third kappa shape index (κ3) is 3.43. The van der Waals surface area contributed by atoms with Gasteiger partial charge in [-0.15, -0.1) is 0 Å². The number of hydrogen-bond acceptors (Lipinski definition) is 2. The predicted octanol–water partition coefficient (Wildman–Crippen LogP) is 2.20. The maximum Gasteiger partial charge on any atom is 0.319 e. The molecule has 1 aromatic rings. The Morgan fingerprint density at radius 3 is 2.63 bits per heavy atom. The summed E-state index contributed by atoms with van der Waals surface area (Å²) in [5.41, 5.74) is 0.104. The highest BCUT2D eigenvalue weighted by Gasteiger charge is 2.30. The predicted molar refractivity (Wildman–Crippen MR) is 67.3 cm³/mol. The van der Waals surface area contributed by atoms with Gasteiger partial charge in [-0.05, 0) is 31.4 Å². The van der Waals surface area contributed by atoms with Gasteiger partial charge < -0.3 is 15.7 Å².